The summed E-state index contributed by atoms with van der Waals surface area (Å²) in [7, 11) is 0. The Morgan fingerprint density at radius 3 is 2.89 bits per heavy atom. The van der Waals surface area contributed by atoms with Gasteiger partial charge < -0.3 is 9.88 Å². The second kappa shape index (κ2) is 4.99. The molecule has 2 heterocycles. The summed E-state index contributed by atoms with van der Waals surface area (Å²) < 4.78 is 13.5. The zero-order chi connectivity index (χ0) is 13.2. The van der Waals surface area contributed by atoms with Crippen LogP contribution in [0.2, 0.25) is 0 Å². The lowest BCUT2D eigenvalue weighted by Gasteiger charge is -2.14. The van der Waals surface area contributed by atoms with Crippen molar-refractivity contribution in [3.63, 3.8) is 0 Å². The fraction of sp³-hybridized carbons (Fsp3) is 0.429. The number of aromatic amines is 1. The van der Waals surface area contributed by atoms with E-state index < -0.39 is 0 Å². The molecule has 5 heteroatoms. The maximum atomic E-state index is 13.5. The number of carbonyl (C=O) groups excluding carboxylic acids is 1. The number of aromatic nitrogens is 2. The summed E-state index contributed by atoms with van der Waals surface area (Å²) in [5.74, 6) is 0.511. The lowest BCUT2D eigenvalue weighted by molar-refractivity contribution is -0.130. The van der Waals surface area contributed by atoms with E-state index in [1.807, 2.05) is 4.90 Å². The molecule has 1 aromatic heterocycles. The van der Waals surface area contributed by atoms with E-state index in [4.69, 9.17) is 0 Å². The predicted octanol–water partition coefficient (Wildman–Crippen LogP) is 2.26. The van der Waals surface area contributed by atoms with E-state index in [0.29, 0.717) is 29.7 Å². The molecule has 0 atom stereocenters. The van der Waals surface area contributed by atoms with Crippen LogP contribution in [0.1, 0.15) is 25.1 Å². The van der Waals surface area contributed by atoms with E-state index in [-0.39, 0.29) is 11.7 Å². The number of halogens is 1. The van der Waals surface area contributed by atoms with Gasteiger partial charge in [-0.25, -0.2) is 9.37 Å². The normalized spacial score (nSPS) is 15.3. The van der Waals surface area contributed by atoms with Crippen molar-refractivity contribution in [3.8, 4) is 0 Å². The number of amides is 1. The van der Waals surface area contributed by atoms with Gasteiger partial charge in [-0.1, -0.05) is 6.07 Å². The lowest BCUT2D eigenvalue weighted by Crippen LogP contribution is -2.27. The van der Waals surface area contributed by atoms with Gasteiger partial charge in [0.15, 0.2) is 5.82 Å². The van der Waals surface area contributed by atoms with Gasteiger partial charge in [0.1, 0.15) is 11.3 Å². The Bertz CT molecular complexity index is 602. The molecule has 0 bridgehead atoms. The van der Waals surface area contributed by atoms with Crippen molar-refractivity contribution >= 4 is 16.9 Å². The van der Waals surface area contributed by atoms with Crippen LogP contribution >= 0.6 is 0 Å². The minimum Gasteiger partial charge on any atom is -0.343 e. The predicted molar refractivity (Wildman–Crippen MR) is 70.2 cm³/mol. The first-order valence-corrected chi connectivity index (χ1v) is 6.65. The Kier molecular flexibility index (Phi) is 3.19. The number of aryl methyl sites for hydroxylation is 1. The number of nitrogens with zero attached hydrogens (tertiary/aromatic N) is 2. The van der Waals surface area contributed by atoms with E-state index in [2.05, 4.69) is 9.97 Å². The minimum absolute atomic E-state index is 0.165. The maximum absolute atomic E-state index is 13.5. The molecule has 1 aliphatic rings. The quantitative estimate of drug-likeness (QED) is 0.921. The average Bonchev–Trinajstić information content (AvgIpc) is 3.05. The second-order valence-corrected chi connectivity index (χ2v) is 4.91. The Morgan fingerprint density at radius 2 is 2.16 bits per heavy atom. The Balaban J connectivity index is 1.68. The van der Waals surface area contributed by atoms with Crippen molar-refractivity contribution in [2.45, 2.75) is 25.7 Å². The molecule has 1 aliphatic heterocycles. The van der Waals surface area contributed by atoms with Gasteiger partial charge in [0.25, 0.3) is 0 Å². The molecule has 1 fully saturated rings. The fourth-order valence-corrected chi connectivity index (χ4v) is 2.52. The van der Waals surface area contributed by atoms with Crippen LogP contribution in [0.4, 0.5) is 4.39 Å². The van der Waals surface area contributed by atoms with Crippen LogP contribution in [0.15, 0.2) is 18.2 Å². The number of H-pyrrole nitrogens is 1. The van der Waals surface area contributed by atoms with Crippen molar-refractivity contribution < 1.29 is 9.18 Å². The Labute approximate surface area is 110 Å². The number of imidazole rings is 1. The first kappa shape index (κ1) is 12.1. The van der Waals surface area contributed by atoms with Crippen molar-refractivity contribution in [2.24, 2.45) is 0 Å². The highest BCUT2D eigenvalue weighted by molar-refractivity contribution is 5.77. The van der Waals surface area contributed by atoms with Crippen molar-refractivity contribution in [3.05, 3.63) is 29.8 Å². The summed E-state index contributed by atoms with van der Waals surface area (Å²) >= 11 is 0. The highest BCUT2D eigenvalue weighted by Crippen LogP contribution is 2.16. The molecule has 1 N–H and O–H groups in total. The van der Waals surface area contributed by atoms with Gasteiger partial charge in [-0.15, -0.1) is 0 Å². The van der Waals surface area contributed by atoms with Gasteiger partial charge in [-0.2, -0.15) is 0 Å². The Hall–Kier alpha value is -1.91. The van der Waals surface area contributed by atoms with E-state index in [1.54, 1.807) is 12.1 Å². The zero-order valence-corrected chi connectivity index (χ0v) is 10.7. The largest absolute Gasteiger partial charge is 0.343 e. The summed E-state index contributed by atoms with van der Waals surface area (Å²) in [6, 6.07) is 4.83. The molecule has 19 heavy (non-hydrogen) atoms. The molecule has 0 unspecified atom stereocenters. The third-order valence-corrected chi connectivity index (χ3v) is 3.55. The number of para-hydroxylation sites is 1. The standard InChI is InChI=1S/C14H16FN3O/c15-10-4-3-5-11-14(10)17-12(16-11)6-7-13(19)18-8-1-2-9-18/h3-5H,1-2,6-9H2,(H,16,17). The van der Waals surface area contributed by atoms with Crippen LogP contribution < -0.4 is 0 Å². The molecule has 4 nitrogen and oxygen atoms in total. The molecule has 100 valence electrons. The summed E-state index contributed by atoms with van der Waals surface area (Å²) in [6.45, 7) is 1.74. The number of hydrogen-bond acceptors (Lipinski definition) is 2. The smallest absolute Gasteiger partial charge is 0.223 e. The molecule has 0 spiro atoms. The summed E-state index contributed by atoms with van der Waals surface area (Å²) in [4.78, 5) is 21.1. The second-order valence-electron chi connectivity index (χ2n) is 4.91. The minimum atomic E-state index is -0.328. The zero-order valence-electron chi connectivity index (χ0n) is 10.7. The molecule has 0 saturated carbocycles. The molecule has 1 saturated heterocycles. The molecular weight excluding hydrogens is 245 g/mol. The summed E-state index contributed by atoms with van der Waals surface area (Å²) in [5.41, 5.74) is 1.04. The van der Waals surface area contributed by atoms with Crippen LogP contribution in [-0.2, 0) is 11.2 Å². The molecule has 2 aromatic rings. The topological polar surface area (TPSA) is 49.0 Å². The van der Waals surface area contributed by atoms with E-state index in [1.165, 1.54) is 6.07 Å². The van der Waals surface area contributed by atoms with E-state index >= 15 is 0 Å². The number of nitrogens with one attached hydrogen (secondary N) is 1. The van der Waals surface area contributed by atoms with Crippen molar-refractivity contribution in [1.29, 1.82) is 0 Å². The SMILES string of the molecule is O=C(CCc1nc2c(F)cccc2[nH]1)N1CCCC1. The van der Waals surface area contributed by atoms with E-state index in [9.17, 15) is 9.18 Å². The average molecular weight is 261 g/mol. The number of carbonyl (C=O) groups is 1. The molecule has 0 radical (unpaired) electrons. The van der Waals surface area contributed by atoms with Crippen LogP contribution in [0, 0.1) is 5.82 Å². The Morgan fingerprint density at radius 1 is 1.37 bits per heavy atom. The number of benzene rings is 1. The monoisotopic (exact) mass is 261 g/mol. The lowest BCUT2D eigenvalue weighted by atomic mass is 10.2. The number of likely N-dealkylation sites (tertiary alicyclic amines) is 1. The number of rotatable bonds is 3. The van der Waals surface area contributed by atoms with Crippen molar-refractivity contribution in [1.82, 2.24) is 14.9 Å². The molecular formula is C14H16FN3O. The molecule has 0 aliphatic carbocycles. The molecule has 1 amide bonds. The molecule has 1 aromatic carbocycles. The first-order valence-electron chi connectivity index (χ1n) is 6.65. The van der Waals surface area contributed by atoms with Gasteiger partial charge in [0.2, 0.25) is 5.91 Å². The molecule has 3 rings (SSSR count). The number of fused-ring (bicyclic) bond motifs is 1. The summed E-state index contributed by atoms with van der Waals surface area (Å²) in [6.07, 6.45) is 3.16. The van der Waals surface area contributed by atoms with Crippen LogP contribution in [0.3, 0.4) is 0 Å². The third-order valence-electron chi connectivity index (χ3n) is 3.55. The third kappa shape index (κ3) is 2.45. The maximum Gasteiger partial charge on any atom is 0.223 e. The highest BCUT2D eigenvalue weighted by atomic mass is 19.1. The van der Waals surface area contributed by atoms with E-state index in [0.717, 1.165) is 25.9 Å². The summed E-state index contributed by atoms with van der Waals surface area (Å²) in [5, 5.41) is 0. The van der Waals surface area contributed by atoms with Gasteiger partial charge in [0.05, 0.1) is 5.52 Å². The van der Waals surface area contributed by atoms with Crippen LogP contribution in [0.25, 0.3) is 11.0 Å². The van der Waals surface area contributed by atoms with Gasteiger partial charge >= 0.3 is 0 Å². The van der Waals surface area contributed by atoms with Gasteiger partial charge in [-0.3, -0.25) is 4.79 Å². The van der Waals surface area contributed by atoms with Gasteiger partial charge in [-0.05, 0) is 25.0 Å². The van der Waals surface area contributed by atoms with Gasteiger partial charge in [0, 0.05) is 25.9 Å². The van der Waals surface area contributed by atoms with Crippen LogP contribution in [-0.4, -0.2) is 33.9 Å². The number of hydrogen-bond donors (Lipinski definition) is 1. The first-order chi connectivity index (χ1) is 9.24. The highest BCUT2D eigenvalue weighted by Gasteiger charge is 2.18. The van der Waals surface area contributed by atoms with Crippen molar-refractivity contribution in [2.75, 3.05) is 13.1 Å². The van der Waals surface area contributed by atoms with Crippen LogP contribution in [0.5, 0.6) is 0 Å². The fourth-order valence-electron chi connectivity index (χ4n) is 2.52.